The lowest BCUT2D eigenvalue weighted by molar-refractivity contribution is 0.0915. The van der Waals surface area contributed by atoms with Crippen molar-refractivity contribution in [2.75, 3.05) is 20.8 Å². The highest BCUT2D eigenvalue weighted by Gasteiger charge is 2.14. The largest absolute Gasteiger partial charge is 0.493 e. The van der Waals surface area contributed by atoms with Crippen molar-refractivity contribution in [3.63, 3.8) is 0 Å². The molecule has 0 spiro atoms. The Morgan fingerprint density at radius 2 is 1.83 bits per heavy atom. The van der Waals surface area contributed by atoms with Crippen LogP contribution in [0, 0.1) is 6.92 Å². The smallest absolute Gasteiger partial charge is 0.251 e. The van der Waals surface area contributed by atoms with Gasteiger partial charge in [0.15, 0.2) is 11.5 Å². The summed E-state index contributed by atoms with van der Waals surface area (Å²) in [6.07, 6.45) is -0.831. The molecule has 0 aliphatic heterocycles. The van der Waals surface area contributed by atoms with Crippen LogP contribution in [0.15, 0.2) is 42.5 Å². The molecule has 5 nitrogen and oxygen atoms in total. The molecule has 0 radical (unpaired) electrons. The van der Waals surface area contributed by atoms with Gasteiger partial charge in [-0.25, -0.2) is 0 Å². The molecule has 0 bridgehead atoms. The van der Waals surface area contributed by atoms with E-state index in [1.54, 1.807) is 31.4 Å². The van der Waals surface area contributed by atoms with E-state index in [0.717, 1.165) is 5.56 Å². The van der Waals surface area contributed by atoms with E-state index < -0.39 is 6.10 Å². The van der Waals surface area contributed by atoms with Crippen LogP contribution >= 0.6 is 0 Å². The van der Waals surface area contributed by atoms with Gasteiger partial charge in [-0.05, 0) is 36.2 Å². The van der Waals surface area contributed by atoms with E-state index in [2.05, 4.69) is 5.32 Å². The summed E-state index contributed by atoms with van der Waals surface area (Å²) in [5.41, 5.74) is 2.14. The normalized spacial score (nSPS) is 11.7. The molecule has 5 heteroatoms. The molecule has 0 aromatic heterocycles. The lowest BCUT2D eigenvalue weighted by Gasteiger charge is -2.15. The van der Waals surface area contributed by atoms with Gasteiger partial charge in [0.2, 0.25) is 0 Å². The zero-order chi connectivity index (χ0) is 16.8. The topological polar surface area (TPSA) is 67.8 Å². The molecule has 2 aromatic rings. The van der Waals surface area contributed by atoms with Crippen LogP contribution in [0.25, 0.3) is 0 Å². The Hall–Kier alpha value is -2.53. The summed E-state index contributed by atoms with van der Waals surface area (Å²) in [4.78, 5) is 12.2. The van der Waals surface area contributed by atoms with Crippen molar-refractivity contribution in [2.45, 2.75) is 13.0 Å². The summed E-state index contributed by atoms with van der Waals surface area (Å²) in [6, 6.07) is 12.5. The Labute approximate surface area is 135 Å². The Morgan fingerprint density at radius 1 is 1.13 bits per heavy atom. The molecular formula is C18H21NO4. The zero-order valence-electron chi connectivity index (χ0n) is 13.5. The summed E-state index contributed by atoms with van der Waals surface area (Å²) >= 11 is 0. The van der Waals surface area contributed by atoms with Gasteiger partial charge in [0.05, 0.1) is 20.3 Å². The van der Waals surface area contributed by atoms with Crippen molar-refractivity contribution >= 4 is 5.91 Å². The predicted octanol–water partition coefficient (Wildman–Crippen LogP) is 2.48. The fourth-order valence-electron chi connectivity index (χ4n) is 2.29. The first-order valence-electron chi connectivity index (χ1n) is 7.30. The summed E-state index contributed by atoms with van der Waals surface area (Å²) in [5, 5.41) is 13.0. The van der Waals surface area contributed by atoms with E-state index in [1.807, 2.05) is 25.1 Å². The Balaban J connectivity index is 2.03. The predicted molar refractivity (Wildman–Crippen MR) is 88.0 cm³/mol. The number of aryl methyl sites for hydroxylation is 1. The van der Waals surface area contributed by atoms with Crippen LogP contribution in [0.1, 0.15) is 27.6 Å². The van der Waals surface area contributed by atoms with Gasteiger partial charge >= 0.3 is 0 Å². The van der Waals surface area contributed by atoms with E-state index in [9.17, 15) is 9.90 Å². The van der Waals surface area contributed by atoms with Crippen molar-refractivity contribution < 1.29 is 19.4 Å². The number of carbonyl (C=O) groups is 1. The average Bonchev–Trinajstić information content (AvgIpc) is 2.59. The molecule has 0 aliphatic rings. The number of amides is 1. The number of benzene rings is 2. The van der Waals surface area contributed by atoms with Gasteiger partial charge in [-0.2, -0.15) is 0 Å². The van der Waals surface area contributed by atoms with Crippen molar-refractivity contribution in [3.05, 3.63) is 59.2 Å². The third-order valence-corrected chi connectivity index (χ3v) is 3.64. The molecular weight excluding hydrogens is 294 g/mol. The molecule has 1 amide bonds. The SMILES string of the molecule is COc1ccc(C(O)CNC(=O)c2ccccc2C)cc1OC. The lowest BCUT2D eigenvalue weighted by atomic mass is 10.1. The van der Waals surface area contributed by atoms with E-state index in [1.165, 1.54) is 7.11 Å². The number of aliphatic hydroxyl groups excluding tert-OH is 1. The van der Waals surface area contributed by atoms with Crippen LogP contribution in [0.5, 0.6) is 11.5 Å². The van der Waals surface area contributed by atoms with Crippen molar-refractivity contribution in [2.24, 2.45) is 0 Å². The van der Waals surface area contributed by atoms with Gasteiger partial charge in [-0.15, -0.1) is 0 Å². The van der Waals surface area contributed by atoms with Crippen molar-refractivity contribution in [1.29, 1.82) is 0 Å². The summed E-state index contributed by atoms with van der Waals surface area (Å²) in [6.45, 7) is 1.99. The fourth-order valence-corrected chi connectivity index (χ4v) is 2.29. The van der Waals surface area contributed by atoms with Crippen molar-refractivity contribution in [3.8, 4) is 11.5 Å². The standard InChI is InChI=1S/C18H21NO4/c1-12-6-4-5-7-14(12)18(21)19-11-15(20)13-8-9-16(22-2)17(10-13)23-3/h4-10,15,20H,11H2,1-3H3,(H,19,21). The molecule has 122 valence electrons. The number of ether oxygens (including phenoxy) is 2. The Morgan fingerprint density at radius 3 is 2.48 bits per heavy atom. The molecule has 1 atom stereocenters. The molecule has 2 N–H and O–H groups in total. The summed E-state index contributed by atoms with van der Waals surface area (Å²) in [5.74, 6) is 0.921. The highest BCUT2D eigenvalue weighted by molar-refractivity contribution is 5.95. The number of nitrogens with one attached hydrogen (secondary N) is 1. The van der Waals surface area contributed by atoms with Crippen LogP contribution in [-0.2, 0) is 0 Å². The molecule has 0 saturated heterocycles. The molecule has 0 aliphatic carbocycles. The first-order chi connectivity index (χ1) is 11.1. The highest BCUT2D eigenvalue weighted by atomic mass is 16.5. The minimum atomic E-state index is -0.831. The quantitative estimate of drug-likeness (QED) is 0.859. The Bertz CT molecular complexity index is 684. The summed E-state index contributed by atoms with van der Waals surface area (Å²) < 4.78 is 10.4. The molecule has 23 heavy (non-hydrogen) atoms. The first kappa shape index (κ1) is 16.8. The second-order valence-electron chi connectivity index (χ2n) is 5.16. The maximum Gasteiger partial charge on any atom is 0.251 e. The third-order valence-electron chi connectivity index (χ3n) is 3.64. The first-order valence-corrected chi connectivity index (χ1v) is 7.30. The van der Waals surface area contributed by atoms with Gasteiger partial charge in [0, 0.05) is 12.1 Å². The molecule has 0 saturated carbocycles. The summed E-state index contributed by atoms with van der Waals surface area (Å²) in [7, 11) is 3.09. The van der Waals surface area contributed by atoms with Gasteiger partial charge in [0.1, 0.15) is 0 Å². The average molecular weight is 315 g/mol. The van der Waals surface area contributed by atoms with Gasteiger partial charge < -0.3 is 19.9 Å². The van der Waals surface area contributed by atoms with Crippen LogP contribution in [0.3, 0.4) is 0 Å². The second kappa shape index (κ2) is 7.65. The fraction of sp³-hybridized carbons (Fsp3) is 0.278. The van der Waals surface area contributed by atoms with Gasteiger partial charge in [-0.1, -0.05) is 24.3 Å². The molecule has 2 rings (SSSR count). The molecule has 2 aromatic carbocycles. The van der Waals surface area contributed by atoms with Gasteiger partial charge in [-0.3, -0.25) is 4.79 Å². The molecule has 1 unspecified atom stereocenters. The number of rotatable bonds is 6. The minimum Gasteiger partial charge on any atom is -0.493 e. The zero-order valence-corrected chi connectivity index (χ0v) is 13.5. The number of hydrogen-bond donors (Lipinski definition) is 2. The Kier molecular flexibility index (Phi) is 5.60. The van der Waals surface area contributed by atoms with E-state index in [0.29, 0.717) is 22.6 Å². The van der Waals surface area contributed by atoms with Crippen LogP contribution in [0.4, 0.5) is 0 Å². The van der Waals surface area contributed by atoms with E-state index >= 15 is 0 Å². The van der Waals surface area contributed by atoms with Crippen LogP contribution < -0.4 is 14.8 Å². The lowest BCUT2D eigenvalue weighted by Crippen LogP contribution is -2.28. The number of aliphatic hydroxyl groups is 1. The third kappa shape index (κ3) is 4.02. The van der Waals surface area contributed by atoms with Crippen LogP contribution in [0.2, 0.25) is 0 Å². The highest BCUT2D eigenvalue weighted by Crippen LogP contribution is 2.29. The van der Waals surface area contributed by atoms with Gasteiger partial charge in [0.25, 0.3) is 5.91 Å². The minimum absolute atomic E-state index is 0.114. The monoisotopic (exact) mass is 315 g/mol. The van der Waals surface area contributed by atoms with E-state index in [4.69, 9.17) is 9.47 Å². The maximum absolute atomic E-state index is 12.2. The van der Waals surface area contributed by atoms with E-state index in [-0.39, 0.29) is 12.5 Å². The second-order valence-corrected chi connectivity index (χ2v) is 5.16. The molecule has 0 fully saturated rings. The number of hydrogen-bond acceptors (Lipinski definition) is 4. The molecule has 0 heterocycles. The van der Waals surface area contributed by atoms with Crippen molar-refractivity contribution in [1.82, 2.24) is 5.32 Å². The maximum atomic E-state index is 12.2. The number of methoxy groups -OCH3 is 2. The van der Waals surface area contributed by atoms with Crippen LogP contribution in [-0.4, -0.2) is 31.8 Å². The number of carbonyl (C=O) groups excluding carboxylic acids is 1.